The zero-order chi connectivity index (χ0) is 13.1. The number of hydrogen-bond donors (Lipinski definition) is 1. The highest BCUT2D eigenvalue weighted by Crippen LogP contribution is 2.22. The van der Waals surface area contributed by atoms with Gasteiger partial charge in [0.05, 0.1) is 31.7 Å². The van der Waals surface area contributed by atoms with Gasteiger partial charge >= 0.3 is 0 Å². The largest absolute Gasteiger partial charge is 0.478 e. The Morgan fingerprint density at radius 2 is 2.16 bits per heavy atom. The number of ether oxygens (including phenoxy) is 1. The number of nitrogens with zero attached hydrogens (tertiary/aromatic N) is 4. The zero-order valence-corrected chi connectivity index (χ0v) is 12.5. The van der Waals surface area contributed by atoms with Gasteiger partial charge in [0.15, 0.2) is 0 Å². The molecule has 0 spiro atoms. The van der Waals surface area contributed by atoms with Crippen LogP contribution in [0.25, 0.3) is 0 Å². The minimum Gasteiger partial charge on any atom is -0.478 e. The third kappa shape index (κ3) is 3.20. The molecule has 2 heterocycles. The summed E-state index contributed by atoms with van der Waals surface area (Å²) in [5.41, 5.74) is 3.26. The van der Waals surface area contributed by atoms with Crippen molar-refractivity contribution in [3.8, 4) is 5.88 Å². The molecule has 0 fully saturated rings. The van der Waals surface area contributed by atoms with Crippen molar-refractivity contribution in [2.24, 2.45) is 7.05 Å². The van der Waals surface area contributed by atoms with Gasteiger partial charge in [0.25, 0.3) is 5.88 Å². The Labute approximate surface area is 119 Å². The third-order valence-electron chi connectivity index (χ3n) is 2.89. The Hall–Kier alpha value is -1.69. The topological polar surface area (TPSA) is 56.9 Å². The number of hydrogen-bond acceptors (Lipinski definition) is 4. The van der Waals surface area contributed by atoms with Crippen molar-refractivity contribution in [3.05, 3.63) is 23.7 Å². The Morgan fingerprint density at radius 1 is 1.42 bits per heavy atom. The first-order valence-electron chi connectivity index (χ1n) is 5.98. The number of aromatic nitrogens is 4. The molecule has 0 unspecified atom stereocenters. The molecule has 0 saturated carbocycles. The van der Waals surface area contributed by atoms with Crippen LogP contribution in [0.5, 0.6) is 5.88 Å². The fraction of sp³-hybridized carbons (Fsp3) is 0.500. The van der Waals surface area contributed by atoms with Crippen LogP contribution in [0.15, 0.2) is 12.4 Å². The van der Waals surface area contributed by atoms with Crippen LogP contribution in [0.3, 0.4) is 0 Å². The summed E-state index contributed by atoms with van der Waals surface area (Å²) >= 11 is 0. The van der Waals surface area contributed by atoms with Crippen molar-refractivity contribution in [1.29, 1.82) is 0 Å². The second-order valence-corrected chi connectivity index (χ2v) is 4.17. The lowest BCUT2D eigenvalue weighted by Gasteiger charge is -2.08. The summed E-state index contributed by atoms with van der Waals surface area (Å²) in [4.78, 5) is 0. The number of halogens is 1. The van der Waals surface area contributed by atoms with Crippen molar-refractivity contribution in [2.45, 2.75) is 26.9 Å². The molecule has 1 N–H and O–H groups in total. The third-order valence-corrected chi connectivity index (χ3v) is 2.89. The molecular weight excluding hydrogens is 266 g/mol. The Morgan fingerprint density at radius 3 is 2.79 bits per heavy atom. The fourth-order valence-electron chi connectivity index (χ4n) is 1.93. The van der Waals surface area contributed by atoms with Crippen LogP contribution in [0, 0.1) is 6.92 Å². The molecule has 0 aliphatic carbocycles. The monoisotopic (exact) mass is 285 g/mol. The lowest BCUT2D eigenvalue weighted by Crippen LogP contribution is -2.09. The second kappa shape index (κ2) is 6.47. The summed E-state index contributed by atoms with van der Waals surface area (Å²) in [5, 5.41) is 11.9. The predicted molar refractivity (Wildman–Crippen MR) is 77.0 cm³/mol. The average molecular weight is 286 g/mol. The van der Waals surface area contributed by atoms with E-state index in [-0.39, 0.29) is 12.4 Å². The van der Waals surface area contributed by atoms with Crippen molar-refractivity contribution >= 4 is 18.1 Å². The molecule has 0 atom stereocenters. The SMILES string of the molecule is CCn1ncc(C)c1CNc1cn(C)nc1OC.Cl. The van der Waals surface area contributed by atoms with E-state index in [1.165, 1.54) is 11.3 Å². The normalized spacial score (nSPS) is 10.1. The van der Waals surface area contributed by atoms with Crippen LogP contribution in [-0.4, -0.2) is 26.7 Å². The molecule has 0 aliphatic rings. The Kier molecular flexibility index (Phi) is 5.23. The minimum atomic E-state index is 0. The molecule has 2 aromatic rings. The predicted octanol–water partition coefficient (Wildman–Crippen LogP) is 1.99. The van der Waals surface area contributed by atoms with E-state index in [2.05, 4.69) is 29.4 Å². The quantitative estimate of drug-likeness (QED) is 0.913. The van der Waals surface area contributed by atoms with E-state index in [0.717, 1.165) is 12.2 Å². The molecule has 0 amide bonds. The average Bonchev–Trinajstić information content (AvgIpc) is 2.89. The molecule has 7 heteroatoms. The van der Waals surface area contributed by atoms with Gasteiger partial charge in [-0.3, -0.25) is 9.36 Å². The Bertz CT molecular complexity index is 534. The van der Waals surface area contributed by atoms with Gasteiger partial charge in [-0.25, -0.2) is 0 Å². The molecule has 19 heavy (non-hydrogen) atoms. The van der Waals surface area contributed by atoms with Crippen molar-refractivity contribution < 1.29 is 4.74 Å². The lowest BCUT2D eigenvalue weighted by atomic mass is 10.2. The van der Waals surface area contributed by atoms with E-state index in [0.29, 0.717) is 12.4 Å². The van der Waals surface area contributed by atoms with Gasteiger partial charge in [0, 0.05) is 13.6 Å². The van der Waals surface area contributed by atoms with E-state index in [4.69, 9.17) is 4.74 Å². The minimum absolute atomic E-state index is 0. The first-order chi connectivity index (χ1) is 8.65. The van der Waals surface area contributed by atoms with E-state index >= 15 is 0 Å². The van der Waals surface area contributed by atoms with Gasteiger partial charge in [-0.1, -0.05) is 0 Å². The van der Waals surface area contributed by atoms with Gasteiger partial charge in [-0.15, -0.1) is 17.5 Å². The first kappa shape index (κ1) is 15.4. The van der Waals surface area contributed by atoms with Crippen molar-refractivity contribution in [3.63, 3.8) is 0 Å². The number of methoxy groups -OCH3 is 1. The molecule has 6 nitrogen and oxygen atoms in total. The molecule has 0 aliphatic heterocycles. The molecule has 0 bridgehead atoms. The number of nitrogens with one attached hydrogen (secondary N) is 1. The number of rotatable bonds is 5. The molecule has 2 rings (SSSR count). The van der Waals surface area contributed by atoms with Gasteiger partial charge in [-0.2, -0.15) is 5.10 Å². The van der Waals surface area contributed by atoms with Gasteiger partial charge in [-0.05, 0) is 19.4 Å². The summed E-state index contributed by atoms with van der Waals surface area (Å²) in [6.07, 6.45) is 3.79. The smallest absolute Gasteiger partial charge is 0.256 e. The van der Waals surface area contributed by atoms with Gasteiger partial charge in [0.1, 0.15) is 5.69 Å². The molecule has 0 aromatic carbocycles. The lowest BCUT2D eigenvalue weighted by molar-refractivity contribution is 0.393. The van der Waals surface area contributed by atoms with Crippen LogP contribution in [0.2, 0.25) is 0 Å². The van der Waals surface area contributed by atoms with Gasteiger partial charge in [0.2, 0.25) is 0 Å². The highest BCUT2D eigenvalue weighted by atomic mass is 35.5. The fourth-order valence-corrected chi connectivity index (χ4v) is 1.93. The standard InChI is InChI=1S/C12H19N5O.ClH/c1-5-17-11(9(2)6-14-17)7-13-10-8-16(3)15-12(10)18-4;/h6,8,13H,5,7H2,1-4H3;1H. The summed E-state index contributed by atoms with van der Waals surface area (Å²) in [6, 6.07) is 0. The van der Waals surface area contributed by atoms with Crippen LogP contribution >= 0.6 is 12.4 Å². The zero-order valence-electron chi connectivity index (χ0n) is 11.7. The van der Waals surface area contributed by atoms with Crippen LogP contribution < -0.4 is 10.1 Å². The van der Waals surface area contributed by atoms with E-state index in [1.807, 2.05) is 24.1 Å². The maximum Gasteiger partial charge on any atom is 0.256 e. The number of anilines is 1. The van der Waals surface area contributed by atoms with Crippen LogP contribution in [0.4, 0.5) is 5.69 Å². The van der Waals surface area contributed by atoms with Gasteiger partial charge < -0.3 is 10.1 Å². The Balaban J connectivity index is 0.00000180. The molecule has 0 radical (unpaired) electrons. The van der Waals surface area contributed by atoms with Crippen molar-refractivity contribution in [2.75, 3.05) is 12.4 Å². The molecule has 2 aromatic heterocycles. The van der Waals surface area contributed by atoms with E-state index < -0.39 is 0 Å². The molecule has 0 saturated heterocycles. The summed E-state index contributed by atoms with van der Waals surface area (Å²) in [7, 11) is 3.49. The molecular formula is C12H20ClN5O. The van der Waals surface area contributed by atoms with Crippen LogP contribution in [-0.2, 0) is 20.1 Å². The van der Waals surface area contributed by atoms with E-state index in [9.17, 15) is 0 Å². The summed E-state index contributed by atoms with van der Waals surface area (Å²) in [6.45, 7) is 5.73. The highest BCUT2D eigenvalue weighted by Gasteiger charge is 2.10. The summed E-state index contributed by atoms with van der Waals surface area (Å²) in [5.74, 6) is 0.609. The summed E-state index contributed by atoms with van der Waals surface area (Å²) < 4.78 is 8.92. The molecule has 106 valence electrons. The maximum absolute atomic E-state index is 5.21. The highest BCUT2D eigenvalue weighted by molar-refractivity contribution is 5.85. The van der Waals surface area contributed by atoms with Crippen molar-refractivity contribution in [1.82, 2.24) is 19.6 Å². The second-order valence-electron chi connectivity index (χ2n) is 4.17. The number of aryl methyl sites for hydroxylation is 3. The maximum atomic E-state index is 5.21. The first-order valence-corrected chi connectivity index (χ1v) is 5.98. The van der Waals surface area contributed by atoms with Crippen LogP contribution in [0.1, 0.15) is 18.2 Å². The van der Waals surface area contributed by atoms with E-state index in [1.54, 1.807) is 11.8 Å².